The van der Waals surface area contributed by atoms with Gasteiger partial charge in [-0.3, -0.25) is 9.59 Å². The zero-order valence-electron chi connectivity index (χ0n) is 9.48. The van der Waals surface area contributed by atoms with Crippen LogP contribution in [0.25, 0.3) is 0 Å². The summed E-state index contributed by atoms with van der Waals surface area (Å²) in [5, 5.41) is 37.0. The van der Waals surface area contributed by atoms with E-state index in [0.29, 0.717) is 12.5 Å². The maximum Gasteiger partial charge on any atom is 0.245 e. The molecule has 0 aromatic rings. The smallest absolute Gasteiger partial charge is 0.245 e. The molecule has 6 N–H and O–H groups in total. The van der Waals surface area contributed by atoms with Crippen LogP contribution in [-0.4, -0.2) is 44.7 Å². The largest absolute Gasteiger partial charge is 0.512 e. The van der Waals surface area contributed by atoms with Crippen molar-refractivity contribution in [3.8, 4) is 0 Å². The van der Waals surface area contributed by atoms with Crippen LogP contribution < -0.4 is 10.6 Å². The number of amides is 2. The highest BCUT2D eigenvalue weighted by molar-refractivity contribution is 5.88. The van der Waals surface area contributed by atoms with E-state index in [-0.39, 0.29) is 0 Å². The van der Waals surface area contributed by atoms with Crippen molar-refractivity contribution >= 4 is 11.8 Å². The fourth-order valence-corrected chi connectivity index (χ4v) is 0.567. The lowest BCUT2D eigenvalue weighted by atomic mass is 10.4. The maximum atomic E-state index is 10.6. The minimum Gasteiger partial charge on any atom is -0.512 e. The van der Waals surface area contributed by atoms with E-state index < -0.39 is 24.3 Å². The number of rotatable bonds is 5. The first-order valence-corrected chi connectivity index (χ1v) is 4.58. The summed E-state index contributed by atoms with van der Waals surface area (Å²) in [6.07, 6.45) is -0.231. The van der Waals surface area contributed by atoms with E-state index in [9.17, 15) is 9.59 Å². The SMILES string of the molecule is C=CC(=O)NC(O)C(O)NC(=O)C=C.OC=CO. The molecule has 0 fully saturated rings. The summed E-state index contributed by atoms with van der Waals surface area (Å²) in [4.78, 5) is 21.3. The number of nitrogens with one attached hydrogen (secondary N) is 2. The van der Waals surface area contributed by atoms with Crippen molar-refractivity contribution in [1.29, 1.82) is 0 Å². The van der Waals surface area contributed by atoms with Gasteiger partial charge in [-0.15, -0.1) is 0 Å². The molecule has 102 valence electrons. The quantitative estimate of drug-likeness (QED) is 0.208. The normalized spacial score (nSPS) is 12.6. The fourth-order valence-electron chi connectivity index (χ4n) is 0.567. The fraction of sp³-hybridized carbons (Fsp3) is 0.200. The van der Waals surface area contributed by atoms with E-state index in [2.05, 4.69) is 13.2 Å². The van der Waals surface area contributed by atoms with Gasteiger partial charge in [0, 0.05) is 0 Å². The summed E-state index contributed by atoms with van der Waals surface area (Å²) in [5.41, 5.74) is 0. The lowest BCUT2D eigenvalue weighted by Crippen LogP contribution is -2.51. The first-order chi connectivity index (χ1) is 8.42. The minimum absolute atomic E-state index is 0.556. The van der Waals surface area contributed by atoms with E-state index >= 15 is 0 Å². The van der Waals surface area contributed by atoms with Crippen molar-refractivity contribution in [2.45, 2.75) is 12.5 Å². The molecule has 0 aliphatic rings. The summed E-state index contributed by atoms with van der Waals surface area (Å²) >= 11 is 0. The highest BCUT2D eigenvalue weighted by Crippen LogP contribution is 1.86. The van der Waals surface area contributed by atoms with Crippen molar-refractivity contribution in [2.75, 3.05) is 0 Å². The molecule has 0 aliphatic heterocycles. The Kier molecular flexibility index (Phi) is 11.2. The Hall–Kier alpha value is -2.32. The Morgan fingerprint density at radius 2 is 1.17 bits per heavy atom. The molecule has 0 radical (unpaired) electrons. The van der Waals surface area contributed by atoms with Gasteiger partial charge in [0.1, 0.15) is 12.5 Å². The molecule has 0 saturated heterocycles. The van der Waals surface area contributed by atoms with E-state index in [1.165, 1.54) is 0 Å². The Morgan fingerprint density at radius 1 is 0.889 bits per heavy atom. The molecular weight excluding hydrogens is 244 g/mol. The molecule has 0 aliphatic carbocycles. The number of aliphatic hydroxyl groups is 4. The number of aliphatic hydroxyl groups excluding tert-OH is 4. The third-order valence-corrected chi connectivity index (χ3v) is 1.32. The number of carbonyl (C=O) groups excluding carboxylic acids is 2. The minimum atomic E-state index is -1.59. The van der Waals surface area contributed by atoms with Gasteiger partial charge < -0.3 is 31.1 Å². The zero-order valence-corrected chi connectivity index (χ0v) is 9.48. The highest BCUT2D eigenvalue weighted by atomic mass is 16.4. The third-order valence-electron chi connectivity index (χ3n) is 1.32. The molecule has 2 unspecified atom stereocenters. The average molecular weight is 260 g/mol. The van der Waals surface area contributed by atoms with Crippen LogP contribution in [0.4, 0.5) is 0 Å². The third kappa shape index (κ3) is 10.2. The van der Waals surface area contributed by atoms with Gasteiger partial charge in [0.05, 0.1) is 0 Å². The molecule has 0 rings (SSSR count). The van der Waals surface area contributed by atoms with Gasteiger partial charge in [0.2, 0.25) is 11.8 Å². The van der Waals surface area contributed by atoms with E-state index in [1.807, 2.05) is 10.6 Å². The van der Waals surface area contributed by atoms with E-state index in [0.717, 1.165) is 12.2 Å². The van der Waals surface area contributed by atoms with E-state index in [4.69, 9.17) is 20.4 Å². The molecule has 8 nitrogen and oxygen atoms in total. The second-order valence-corrected chi connectivity index (χ2v) is 2.61. The topological polar surface area (TPSA) is 139 Å². The van der Waals surface area contributed by atoms with Crippen LogP contribution in [0, 0.1) is 0 Å². The Bertz CT molecular complexity index is 285. The molecule has 2 amide bonds. The van der Waals surface area contributed by atoms with E-state index in [1.54, 1.807) is 0 Å². The Balaban J connectivity index is 0. The molecule has 0 aromatic carbocycles. The van der Waals surface area contributed by atoms with Crippen LogP contribution in [0.1, 0.15) is 0 Å². The number of carbonyl (C=O) groups is 2. The van der Waals surface area contributed by atoms with Gasteiger partial charge >= 0.3 is 0 Å². The van der Waals surface area contributed by atoms with Crippen LogP contribution >= 0.6 is 0 Å². The Morgan fingerprint density at radius 3 is 1.33 bits per heavy atom. The summed E-state index contributed by atoms with van der Waals surface area (Å²) in [5.74, 6) is -1.33. The lowest BCUT2D eigenvalue weighted by Gasteiger charge is -2.18. The average Bonchev–Trinajstić information content (AvgIpc) is 2.38. The number of hydrogen-bond acceptors (Lipinski definition) is 6. The van der Waals surface area contributed by atoms with Gasteiger partial charge in [-0.1, -0.05) is 13.2 Å². The van der Waals surface area contributed by atoms with Crippen molar-refractivity contribution in [3.63, 3.8) is 0 Å². The predicted octanol–water partition coefficient (Wildman–Crippen LogP) is -1.20. The van der Waals surface area contributed by atoms with Crippen LogP contribution in [0.15, 0.2) is 37.8 Å². The first-order valence-electron chi connectivity index (χ1n) is 4.58. The standard InChI is InChI=1S/C8H12N2O4.C2H4O2/c1-3-5(11)9-7(13)8(14)10-6(12)4-2;3-1-2-4/h3-4,7-8,13-14H,1-2H2,(H,9,11)(H,10,12);1-4H. The molecular formula is C10H16N2O6. The monoisotopic (exact) mass is 260 g/mol. The van der Waals surface area contributed by atoms with Gasteiger partial charge in [-0.05, 0) is 12.2 Å². The maximum absolute atomic E-state index is 10.6. The van der Waals surface area contributed by atoms with Crippen LogP contribution in [-0.2, 0) is 9.59 Å². The summed E-state index contributed by atoms with van der Waals surface area (Å²) in [7, 11) is 0. The van der Waals surface area contributed by atoms with Gasteiger partial charge in [-0.25, -0.2) is 0 Å². The van der Waals surface area contributed by atoms with Crippen molar-refractivity contribution in [2.24, 2.45) is 0 Å². The molecule has 8 heteroatoms. The molecule has 0 saturated carbocycles. The number of hydrogen-bond donors (Lipinski definition) is 6. The van der Waals surface area contributed by atoms with Crippen molar-refractivity contribution < 1.29 is 30.0 Å². The van der Waals surface area contributed by atoms with Gasteiger partial charge in [0.25, 0.3) is 0 Å². The highest BCUT2D eigenvalue weighted by Gasteiger charge is 2.17. The van der Waals surface area contributed by atoms with Gasteiger partial charge in [0.15, 0.2) is 12.5 Å². The molecule has 18 heavy (non-hydrogen) atoms. The lowest BCUT2D eigenvalue weighted by molar-refractivity contribution is -0.128. The zero-order chi connectivity index (χ0) is 14.6. The molecule has 0 aromatic heterocycles. The van der Waals surface area contributed by atoms with Crippen molar-refractivity contribution in [1.82, 2.24) is 10.6 Å². The molecule has 2 atom stereocenters. The second kappa shape index (κ2) is 11.2. The molecule has 0 heterocycles. The first kappa shape index (κ1) is 18.1. The Labute approximate surface area is 104 Å². The van der Waals surface area contributed by atoms with Crippen LogP contribution in [0.5, 0.6) is 0 Å². The molecule has 0 spiro atoms. The molecule has 0 bridgehead atoms. The summed E-state index contributed by atoms with van der Waals surface area (Å²) in [6.45, 7) is 6.28. The van der Waals surface area contributed by atoms with Crippen molar-refractivity contribution in [3.05, 3.63) is 37.8 Å². The van der Waals surface area contributed by atoms with Crippen LogP contribution in [0.2, 0.25) is 0 Å². The second-order valence-electron chi connectivity index (χ2n) is 2.61. The van der Waals surface area contributed by atoms with Gasteiger partial charge in [-0.2, -0.15) is 0 Å². The summed E-state index contributed by atoms with van der Waals surface area (Å²) < 4.78 is 0. The van der Waals surface area contributed by atoms with Crippen LogP contribution in [0.3, 0.4) is 0 Å². The predicted molar refractivity (Wildman–Crippen MR) is 63.1 cm³/mol. The summed E-state index contributed by atoms with van der Waals surface area (Å²) in [6, 6.07) is 0.